The van der Waals surface area contributed by atoms with Gasteiger partial charge in [-0.2, -0.15) is 0 Å². The molecule has 2 heterocycles. The van der Waals surface area contributed by atoms with Crippen molar-refractivity contribution in [2.45, 2.75) is 57.9 Å². The van der Waals surface area contributed by atoms with Gasteiger partial charge in [0.1, 0.15) is 17.1 Å². The largest absolute Gasteiger partial charge is 0.350 e. The van der Waals surface area contributed by atoms with Crippen LogP contribution in [0.4, 0.5) is 4.39 Å². The molecule has 36 heavy (non-hydrogen) atoms. The number of aryl methyl sites for hydroxylation is 1. The van der Waals surface area contributed by atoms with E-state index in [1.54, 1.807) is 34.6 Å². The highest BCUT2D eigenvalue weighted by Crippen LogP contribution is 2.38. The SMILES string of the molecule is Cc1ccc(CNC(=O)C2(C)Cn3cnc(C(=O)NCc4ccccc4F)c3C(=O)N2C2CC2)cc1. The zero-order valence-corrected chi connectivity index (χ0v) is 20.3. The second-order valence-electron chi connectivity index (χ2n) is 9.69. The number of carbonyl (C=O) groups excluding carboxylic acids is 3. The Morgan fingerprint density at radius 2 is 1.81 bits per heavy atom. The first kappa shape index (κ1) is 23.7. The number of nitrogens with one attached hydrogen (secondary N) is 2. The van der Waals surface area contributed by atoms with Crippen LogP contribution in [0.2, 0.25) is 0 Å². The number of nitrogens with zero attached hydrogens (tertiary/aromatic N) is 3. The molecule has 0 spiro atoms. The van der Waals surface area contributed by atoms with Crippen LogP contribution in [0.25, 0.3) is 0 Å². The number of aromatic nitrogens is 2. The van der Waals surface area contributed by atoms with Crippen LogP contribution in [0, 0.1) is 12.7 Å². The average Bonchev–Trinajstić information content (AvgIpc) is 3.60. The summed E-state index contributed by atoms with van der Waals surface area (Å²) in [4.78, 5) is 45.9. The minimum atomic E-state index is -1.13. The first-order chi connectivity index (χ1) is 17.3. The maximum atomic E-state index is 13.9. The molecule has 8 nitrogen and oxygen atoms in total. The molecule has 1 aliphatic heterocycles. The Bertz CT molecular complexity index is 1330. The van der Waals surface area contributed by atoms with Crippen molar-refractivity contribution < 1.29 is 18.8 Å². The Hall–Kier alpha value is -4.01. The van der Waals surface area contributed by atoms with Crippen molar-refractivity contribution in [1.82, 2.24) is 25.1 Å². The van der Waals surface area contributed by atoms with Crippen LogP contribution in [0.15, 0.2) is 54.9 Å². The van der Waals surface area contributed by atoms with Gasteiger partial charge in [0.25, 0.3) is 11.8 Å². The maximum Gasteiger partial charge on any atom is 0.274 e. The number of hydrogen-bond acceptors (Lipinski definition) is 4. The van der Waals surface area contributed by atoms with E-state index in [9.17, 15) is 18.8 Å². The Balaban J connectivity index is 1.36. The molecule has 1 fully saturated rings. The number of fused-ring (bicyclic) bond motifs is 1. The summed E-state index contributed by atoms with van der Waals surface area (Å²) in [6, 6.07) is 14.0. The molecule has 186 valence electrons. The van der Waals surface area contributed by atoms with Gasteiger partial charge in [-0.05, 0) is 38.3 Å². The van der Waals surface area contributed by atoms with Crippen molar-refractivity contribution in [2.24, 2.45) is 0 Å². The monoisotopic (exact) mass is 489 g/mol. The molecule has 3 amide bonds. The van der Waals surface area contributed by atoms with Gasteiger partial charge in [0.15, 0.2) is 5.69 Å². The van der Waals surface area contributed by atoms with Crippen molar-refractivity contribution in [3.05, 3.63) is 88.8 Å². The van der Waals surface area contributed by atoms with Gasteiger partial charge in [0.2, 0.25) is 5.91 Å². The summed E-state index contributed by atoms with van der Waals surface area (Å²) in [6.07, 6.45) is 3.02. The molecule has 5 rings (SSSR count). The first-order valence-corrected chi connectivity index (χ1v) is 12.0. The number of rotatable bonds is 7. The predicted molar refractivity (Wildman–Crippen MR) is 130 cm³/mol. The van der Waals surface area contributed by atoms with E-state index in [0.29, 0.717) is 12.1 Å². The van der Waals surface area contributed by atoms with Crippen LogP contribution in [0.1, 0.15) is 57.4 Å². The molecule has 2 aliphatic rings. The Labute approximate surface area is 208 Å². The summed E-state index contributed by atoms with van der Waals surface area (Å²) in [6.45, 7) is 4.26. The summed E-state index contributed by atoms with van der Waals surface area (Å²) in [5, 5.41) is 5.64. The molecule has 2 N–H and O–H groups in total. The molecule has 1 aromatic heterocycles. The molecule has 1 unspecified atom stereocenters. The topological polar surface area (TPSA) is 96.3 Å². The molecule has 3 aromatic rings. The average molecular weight is 490 g/mol. The fourth-order valence-electron chi connectivity index (χ4n) is 4.70. The normalized spacial score (nSPS) is 19.1. The van der Waals surface area contributed by atoms with Crippen LogP contribution in [-0.4, -0.2) is 43.8 Å². The number of halogens is 1. The summed E-state index contributed by atoms with van der Waals surface area (Å²) in [7, 11) is 0. The molecule has 0 radical (unpaired) electrons. The lowest BCUT2D eigenvalue weighted by molar-refractivity contribution is -0.133. The lowest BCUT2D eigenvalue weighted by atomic mass is 9.93. The van der Waals surface area contributed by atoms with Crippen LogP contribution < -0.4 is 10.6 Å². The van der Waals surface area contributed by atoms with Gasteiger partial charge in [-0.25, -0.2) is 9.37 Å². The van der Waals surface area contributed by atoms with Crippen molar-refractivity contribution in [3.8, 4) is 0 Å². The number of benzene rings is 2. The van der Waals surface area contributed by atoms with E-state index in [1.165, 1.54) is 12.4 Å². The van der Waals surface area contributed by atoms with E-state index in [0.717, 1.165) is 24.0 Å². The Kier molecular flexibility index (Phi) is 6.07. The third kappa shape index (κ3) is 4.36. The second kappa shape index (κ2) is 9.22. The minimum Gasteiger partial charge on any atom is -0.350 e. The summed E-state index contributed by atoms with van der Waals surface area (Å²) in [5.74, 6) is -1.64. The highest BCUT2D eigenvalue weighted by atomic mass is 19.1. The van der Waals surface area contributed by atoms with Gasteiger partial charge in [0, 0.05) is 24.7 Å². The zero-order chi connectivity index (χ0) is 25.4. The smallest absolute Gasteiger partial charge is 0.274 e. The van der Waals surface area contributed by atoms with Crippen LogP contribution in [-0.2, 0) is 24.4 Å². The minimum absolute atomic E-state index is 0.0240. The maximum absolute atomic E-state index is 13.9. The fraction of sp³-hybridized carbons (Fsp3) is 0.333. The van der Waals surface area contributed by atoms with Gasteiger partial charge < -0.3 is 20.1 Å². The van der Waals surface area contributed by atoms with E-state index in [4.69, 9.17) is 0 Å². The number of hydrogen-bond donors (Lipinski definition) is 2. The van der Waals surface area contributed by atoms with E-state index in [1.807, 2.05) is 31.2 Å². The van der Waals surface area contributed by atoms with E-state index >= 15 is 0 Å². The molecule has 1 aliphatic carbocycles. The highest BCUT2D eigenvalue weighted by Gasteiger charge is 2.53. The second-order valence-corrected chi connectivity index (χ2v) is 9.69. The lowest BCUT2D eigenvalue weighted by Crippen LogP contribution is -2.64. The summed E-state index contributed by atoms with van der Waals surface area (Å²) < 4.78 is 15.5. The molecule has 1 saturated carbocycles. The van der Waals surface area contributed by atoms with Crippen molar-refractivity contribution in [3.63, 3.8) is 0 Å². The van der Waals surface area contributed by atoms with Gasteiger partial charge in [-0.1, -0.05) is 48.0 Å². The van der Waals surface area contributed by atoms with E-state index in [2.05, 4.69) is 15.6 Å². The summed E-state index contributed by atoms with van der Waals surface area (Å²) in [5.41, 5.74) is 1.44. The third-order valence-corrected chi connectivity index (χ3v) is 6.86. The van der Waals surface area contributed by atoms with Crippen molar-refractivity contribution >= 4 is 17.7 Å². The number of carbonyl (C=O) groups is 3. The Morgan fingerprint density at radius 1 is 1.08 bits per heavy atom. The van der Waals surface area contributed by atoms with Gasteiger partial charge in [-0.15, -0.1) is 0 Å². The molecule has 1 atom stereocenters. The van der Waals surface area contributed by atoms with Crippen LogP contribution in [0.3, 0.4) is 0 Å². The molecule has 9 heteroatoms. The molecular formula is C27H28FN5O3. The fourth-order valence-corrected chi connectivity index (χ4v) is 4.70. The first-order valence-electron chi connectivity index (χ1n) is 12.0. The van der Waals surface area contributed by atoms with Crippen LogP contribution in [0.5, 0.6) is 0 Å². The van der Waals surface area contributed by atoms with Crippen molar-refractivity contribution in [1.29, 1.82) is 0 Å². The zero-order valence-electron chi connectivity index (χ0n) is 20.3. The van der Waals surface area contributed by atoms with Crippen LogP contribution >= 0.6 is 0 Å². The van der Waals surface area contributed by atoms with Gasteiger partial charge >= 0.3 is 0 Å². The third-order valence-electron chi connectivity index (χ3n) is 6.86. The van der Waals surface area contributed by atoms with E-state index < -0.39 is 23.2 Å². The standard InChI is InChI=1S/C27H28FN5O3/c1-17-7-9-18(10-8-17)13-30-26(36)27(2)15-32-16-31-22(23(32)25(35)33(27)20-11-12-20)24(34)29-14-19-5-3-4-6-21(19)28/h3-10,16,20H,11-15H2,1-2H3,(H,29,34)(H,30,36). The quantitative estimate of drug-likeness (QED) is 0.533. The molecular weight excluding hydrogens is 461 g/mol. The molecule has 2 aromatic carbocycles. The Morgan fingerprint density at radius 3 is 2.50 bits per heavy atom. The van der Waals surface area contributed by atoms with Crippen molar-refractivity contribution in [2.75, 3.05) is 0 Å². The molecule has 0 bridgehead atoms. The number of amides is 3. The van der Waals surface area contributed by atoms with Gasteiger partial charge in [0.05, 0.1) is 12.9 Å². The van der Waals surface area contributed by atoms with Gasteiger partial charge in [-0.3, -0.25) is 14.4 Å². The highest BCUT2D eigenvalue weighted by molar-refractivity contribution is 6.07. The van der Waals surface area contributed by atoms with E-state index in [-0.39, 0.29) is 36.4 Å². The number of imidazole rings is 1. The molecule has 0 saturated heterocycles. The lowest BCUT2D eigenvalue weighted by Gasteiger charge is -2.44. The summed E-state index contributed by atoms with van der Waals surface area (Å²) >= 11 is 0. The predicted octanol–water partition coefficient (Wildman–Crippen LogP) is 2.95.